The molecule has 0 aliphatic carbocycles. The summed E-state index contributed by atoms with van der Waals surface area (Å²) in [7, 11) is 0. The maximum atomic E-state index is 12.6. The largest absolute Gasteiger partial charge is 0.405 e. The van der Waals surface area contributed by atoms with E-state index >= 15 is 0 Å². The standard InChI is InChI=1S/C16H20F3N5O3/c1-9-12(10(2)27-22-9)7-24-15(26)23-6-5-11(3-4-13(23)21-24)14(25)20-8-16(17,18)19/h11H,3-8H2,1-2H3,(H,20,25). The number of aromatic nitrogens is 4. The Labute approximate surface area is 152 Å². The highest BCUT2D eigenvalue weighted by Gasteiger charge is 2.31. The maximum absolute atomic E-state index is 12.6. The number of fused-ring (bicyclic) bond motifs is 1. The smallest absolute Gasteiger partial charge is 0.361 e. The van der Waals surface area contributed by atoms with Crippen molar-refractivity contribution in [2.24, 2.45) is 5.92 Å². The molecule has 1 aliphatic heterocycles. The van der Waals surface area contributed by atoms with Crippen molar-refractivity contribution in [2.75, 3.05) is 6.54 Å². The number of carbonyl (C=O) groups is 1. The van der Waals surface area contributed by atoms with Crippen LogP contribution in [0, 0.1) is 19.8 Å². The molecule has 2 aromatic heterocycles. The van der Waals surface area contributed by atoms with Gasteiger partial charge in [-0.25, -0.2) is 9.48 Å². The van der Waals surface area contributed by atoms with Crippen LogP contribution in [-0.4, -0.2) is 38.1 Å². The van der Waals surface area contributed by atoms with Crippen molar-refractivity contribution in [1.82, 2.24) is 24.8 Å². The molecule has 1 atom stereocenters. The van der Waals surface area contributed by atoms with Gasteiger partial charge in [-0.2, -0.15) is 18.3 Å². The number of alkyl halides is 3. The molecule has 1 N–H and O–H groups in total. The first-order valence-electron chi connectivity index (χ1n) is 8.58. The molecule has 27 heavy (non-hydrogen) atoms. The second-order valence-electron chi connectivity index (χ2n) is 6.67. The van der Waals surface area contributed by atoms with Crippen molar-refractivity contribution < 1.29 is 22.5 Å². The lowest BCUT2D eigenvalue weighted by atomic mass is 9.99. The van der Waals surface area contributed by atoms with Crippen LogP contribution >= 0.6 is 0 Å². The molecule has 0 saturated carbocycles. The van der Waals surface area contributed by atoms with Crippen LogP contribution in [0.3, 0.4) is 0 Å². The summed E-state index contributed by atoms with van der Waals surface area (Å²) in [6.07, 6.45) is -3.48. The van der Waals surface area contributed by atoms with E-state index in [0.717, 1.165) is 5.56 Å². The van der Waals surface area contributed by atoms with E-state index in [2.05, 4.69) is 10.3 Å². The third-order valence-corrected chi connectivity index (χ3v) is 4.74. The fourth-order valence-corrected chi connectivity index (χ4v) is 3.20. The van der Waals surface area contributed by atoms with Crippen LogP contribution in [0.4, 0.5) is 13.2 Å². The van der Waals surface area contributed by atoms with E-state index in [1.54, 1.807) is 13.8 Å². The molecule has 0 saturated heterocycles. The molecule has 148 valence electrons. The predicted molar refractivity (Wildman–Crippen MR) is 87.1 cm³/mol. The summed E-state index contributed by atoms with van der Waals surface area (Å²) >= 11 is 0. The Morgan fingerprint density at radius 3 is 2.70 bits per heavy atom. The van der Waals surface area contributed by atoms with Crippen LogP contribution in [-0.2, 0) is 24.3 Å². The minimum absolute atomic E-state index is 0.232. The minimum Gasteiger partial charge on any atom is -0.361 e. The molecular formula is C16H20F3N5O3. The van der Waals surface area contributed by atoms with Crippen LogP contribution in [0.5, 0.6) is 0 Å². The second-order valence-corrected chi connectivity index (χ2v) is 6.67. The quantitative estimate of drug-likeness (QED) is 0.854. The SMILES string of the molecule is Cc1noc(C)c1Cn1nc2n(c1=O)CCC(C(=O)NCC(F)(F)F)CC2. The van der Waals surface area contributed by atoms with Gasteiger partial charge in [0.05, 0.1) is 12.2 Å². The Hall–Kier alpha value is -2.59. The van der Waals surface area contributed by atoms with E-state index in [1.165, 1.54) is 9.25 Å². The van der Waals surface area contributed by atoms with Gasteiger partial charge in [-0.1, -0.05) is 5.16 Å². The number of hydrogen-bond donors (Lipinski definition) is 1. The molecule has 0 aromatic carbocycles. The first-order valence-corrected chi connectivity index (χ1v) is 8.58. The van der Waals surface area contributed by atoms with E-state index < -0.39 is 24.5 Å². The second kappa shape index (κ2) is 7.20. The molecule has 0 spiro atoms. The highest BCUT2D eigenvalue weighted by Crippen LogP contribution is 2.20. The topological polar surface area (TPSA) is 94.9 Å². The highest BCUT2D eigenvalue weighted by atomic mass is 19.4. The summed E-state index contributed by atoms with van der Waals surface area (Å²) in [5, 5.41) is 10.1. The lowest BCUT2D eigenvalue weighted by Crippen LogP contribution is -2.38. The molecule has 1 unspecified atom stereocenters. The number of rotatable bonds is 4. The zero-order chi connectivity index (χ0) is 19.8. The van der Waals surface area contributed by atoms with Crippen molar-refractivity contribution in [3.05, 3.63) is 33.3 Å². The summed E-state index contributed by atoms with van der Waals surface area (Å²) in [4.78, 5) is 24.6. The van der Waals surface area contributed by atoms with Crippen LogP contribution in [0.25, 0.3) is 0 Å². The van der Waals surface area contributed by atoms with Gasteiger partial charge < -0.3 is 9.84 Å². The van der Waals surface area contributed by atoms with Crippen molar-refractivity contribution in [3.63, 3.8) is 0 Å². The molecule has 1 aliphatic rings. The van der Waals surface area contributed by atoms with Gasteiger partial charge in [0.1, 0.15) is 18.1 Å². The number of halogens is 3. The van der Waals surface area contributed by atoms with Gasteiger partial charge >= 0.3 is 11.9 Å². The molecule has 2 aromatic rings. The third-order valence-electron chi connectivity index (χ3n) is 4.74. The Kier molecular flexibility index (Phi) is 5.11. The van der Waals surface area contributed by atoms with E-state index in [9.17, 15) is 22.8 Å². The Balaban J connectivity index is 1.69. The summed E-state index contributed by atoms with van der Waals surface area (Å²) in [5.41, 5.74) is 1.15. The highest BCUT2D eigenvalue weighted by molar-refractivity contribution is 5.78. The van der Waals surface area contributed by atoms with Crippen molar-refractivity contribution in [1.29, 1.82) is 0 Å². The Bertz CT molecular complexity index is 877. The van der Waals surface area contributed by atoms with Gasteiger partial charge in [0, 0.05) is 24.4 Å². The fourth-order valence-electron chi connectivity index (χ4n) is 3.20. The zero-order valence-corrected chi connectivity index (χ0v) is 15.0. The van der Waals surface area contributed by atoms with E-state index in [1.807, 2.05) is 5.32 Å². The molecule has 3 rings (SSSR count). The molecule has 1 amide bonds. The predicted octanol–water partition coefficient (Wildman–Crippen LogP) is 1.33. The first kappa shape index (κ1) is 19.2. The molecule has 11 heteroatoms. The number of amides is 1. The number of nitrogens with zero attached hydrogens (tertiary/aromatic N) is 4. The van der Waals surface area contributed by atoms with E-state index in [0.29, 0.717) is 30.1 Å². The average molecular weight is 387 g/mol. The van der Waals surface area contributed by atoms with Crippen molar-refractivity contribution in [2.45, 2.75) is 52.4 Å². The van der Waals surface area contributed by atoms with Crippen LogP contribution in [0.2, 0.25) is 0 Å². The molecule has 0 fully saturated rings. The van der Waals surface area contributed by atoms with Crippen molar-refractivity contribution >= 4 is 5.91 Å². The minimum atomic E-state index is -4.45. The van der Waals surface area contributed by atoms with Gasteiger partial charge in [-0.15, -0.1) is 0 Å². The Morgan fingerprint density at radius 1 is 1.33 bits per heavy atom. The lowest BCUT2D eigenvalue weighted by molar-refractivity contribution is -0.141. The lowest BCUT2D eigenvalue weighted by Gasteiger charge is -2.15. The summed E-state index contributed by atoms with van der Waals surface area (Å²) < 4.78 is 44.7. The monoisotopic (exact) mass is 387 g/mol. The van der Waals surface area contributed by atoms with E-state index in [4.69, 9.17) is 4.52 Å². The fraction of sp³-hybridized carbons (Fsp3) is 0.625. The molecule has 0 bridgehead atoms. The molecule has 8 nitrogen and oxygen atoms in total. The van der Waals surface area contributed by atoms with Crippen LogP contribution in [0.1, 0.15) is 35.7 Å². The molecule has 0 radical (unpaired) electrons. The number of hydrogen-bond acceptors (Lipinski definition) is 5. The van der Waals surface area contributed by atoms with Gasteiger partial charge in [-0.05, 0) is 26.7 Å². The van der Waals surface area contributed by atoms with Gasteiger partial charge in [0.2, 0.25) is 5.91 Å². The number of aryl methyl sites for hydroxylation is 3. The number of carbonyl (C=O) groups excluding carboxylic acids is 1. The third kappa shape index (κ3) is 4.22. The van der Waals surface area contributed by atoms with Crippen molar-refractivity contribution in [3.8, 4) is 0 Å². The molecular weight excluding hydrogens is 367 g/mol. The summed E-state index contributed by atoms with van der Waals surface area (Å²) in [6.45, 7) is 2.65. The van der Waals surface area contributed by atoms with Gasteiger partial charge in [-0.3, -0.25) is 9.36 Å². The summed E-state index contributed by atoms with van der Waals surface area (Å²) in [6, 6.07) is 0. The molecule has 3 heterocycles. The first-order chi connectivity index (χ1) is 12.7. The zero-order valence-electron chi connectivity index (χ0n) is 15.0. The normalized spacial score (nSPS) is 17.4. The van der Waals surface area contributed by atoms with E-state index in [-0.39, 0.29) is 25.2 Å². The number of nitrogens with one attached hydrogen (secondary N) is 1. The Morgan fingerprint density at radius 2 is 2.07 bits per heavy atom. The van der Waals surface area contributed by atoms with Gasteiger partial charge in [0.25, 0.3) is 0 Å². The van der Waals surface area contributed by atoms with Gasteiger partial charge in [0.15, 0.2) is 0 Å². The van der Waals surface area contributed by atoms with Crippen LogP contribution < -0.4 is 11.0 Å². The van der Waals surface area contributed by atoms with Crippen LogP contribution in [0.15, 0.2) is 9.32 Å². The average Bonchev–Trinajstić information content (AvgIpc) is 2.97. The summed E-state index contributed by atoms with van der Waals surface area (Å²) in [5.74, 6) is -0.0829. The maximum Gasteiger partial charge on any atom is 0.405 e.